The summed E-state index contributed by atoms with van der Waals surface area (Å²) >= 11 is 0. The molecule has 0 saturated carbocycles. The molecule has 226 valence electrons. The van der Waals surface area contributed by atoms with E-state index in [2.05, 4.69) is 34.0 Å². The quantitative estimate of drug-likeness (QED) is 0.206. The highest BCUT2D eigenvalue weighted by molar-refractivity contribution is 5.94. The molecule has 6 rings (SSSR count). The molecule has 0 bridgehead atoms. The normalized spacial score (nSPS) is 17.3. The van der Waals surface area contributed by atoms with Gasteiger partial charge in [-0.3, -0.25) is 4.90 Å². The Morgan fingerprint density at radius 3 is 2.56 bits per heavy atom. The zero-order valence-corrected chi connectivity index (χ0v) is 24.6. The fourth-order valence-electron chi connectivity index (χ4n) is 5.60. The second-order valence-corrected chi connectivity index (χ2v) is 11.0. The van der Waals surface area contributed by atoms with Crippen LogP contribution in [0.15, 0.2) is 54.9 Å². The summed E-state index contributed by atoms with van der Waals surface area (Å²) in [6.45, 7) is 7.59. The van der Waals surface area contributed by atoms with Crippen LogP contribution >= 0.6 is 0 Å². The van der Waals surface area contributed by atoms with E-state index in [1.54, 1.807) is 25.3 Å². The number of fused-ring (bicyclic) bond motifs is 1. The zero-order valence-electron chi connectivity index (χ0n) is 24.6. The largest absolute Gasteiger partial charge is 0.495 e. The highest BCUT2D eigenvalue weighted by atomic mass is 19.1. The molecule has 0 spiro atoms. The molecule has 3 heterocycles. The van der Waals surface area contributed by atoms with Crippen molar-refractivity contribution in [3.8, 4) is 28.4 Å². The Hall–Kier alpha value is -4.02. The first-order valence-electron chi connectivity index (χ1n) is 14.8. The van der Waals surface area contributed by atoms with E-state index in [1.807, 2.05) is 12.1 Å². The van der Waals surface area contributed by atoms with E-state index in [4.69, 9.17) is 18.9 Å². The third-order valence-electron chi connectivity index (χ3n) is 8.21. The number of anilines is 2. The Balaban J connectivity index is 1.34. The summed E-state index contributed by atoms with van der Waals surface area (Å²) in [6.07, 6.45) is 4.19. The van der Waals surface area contributed by atoms with Crippen molar-refractivity contribution in [3.05, 3.63) is 66.5 Å². The predicted molar refractivity (Wildman–Crippen MR) is 161 cm³/mol. The van der Waals surface area contributed by atoms with Gasteiger partial charge in [0.05, 0.1) is 43.7 Å². The molecule has 2 aliphatic rings. The number of aromatic nitrogens is 2. The van der Waals surface area contributed by atoms with Crippen molar-refractivity contribution in [1.82, 2.24) is 14.9 Å². The molecule has 1 atom stereocenters. The van der Waals surface area contributed by atoms with Gasteiger partial charge in [-0.1, -0.05) is 19.9 Å². The summed E-state index contributed by atoms with van der Waals surface area (Å²) in [7, 11) is 1.56. The predicted octanol–water partition coefficient (Wildman–Crippen LogP) is 6.75. The monoisotopic (exact) mass is 590 g/mol. The molecule has 1 aromatic heterocycles. The summed E-state index contributed by atoms with van der Waals surface area (Å²) in [5.74, 6) is 1.08. The molecule has 1 N–H and O–H groups in total. The second kappa shape index (κ2) is 12.7. The number of rotatable bonds is 11. The molecule has 8 nitrogen and oxygen atoms in total. The van der Waals surface area contributed by atoms with Gasteiger partial charge in [0.25, 0.3) is 0 Å². The van der Waals surface area contributed by atoms with Gasteiger partial charge in [-0.2, -0.15) is 0 Å². The van der Waals surface area contributed by atoms with Crippen LogP contribution in [0.3, 0.4) is 0 Å². The van der Waals surface area contributed by atoms with Crippen LogP contribution in [0, 0.1) is 11.6 Å². The SMILES string of the molecule is CCC(CC)Oc1cc2c(Nc3cc(-c4ccc(F)cc4F)ccc3OC)ncnc2cc1OC1CCN(C2COC2)C1. The van der Waals surface area contributed by atoms with Crippen LogP contribution < -0.4 is 19.5 Å². The van der Waals surface area contributed by atoms with Crippen LogP contribution in [0.5, 0.6) is 17.2 Å². The van der Waals surface area contributed by atoms with Crippen molar-refractivity contribution in [2.24, 2.45) is 0 Å². The molecule has 2 aliphatic heterocycles. The average molecular weight is 591 g/mol. The van der Waals surface area contributed by atoms with Gasteiger partial charge in [0.15, 0.2) is 11.5 Å². The van der Waals surface area contributed by atoms with E-state index in [1.165, 1.54) is 18.5 Å². The van der Waals surface area contributed by atoms with Gasteiger partial charge in [-0.15, -0.1) is 0 Å². The molecule has 0 radical (unpaired) electrons. The van der Waals surface area contributed by atoms with Crippen LogP contribution in [0.1, 0.15) is 33.1 Å². The number of ether oxygens (including phenoxy) is 4. The van der Waals surface area contributed by atoms with E-state index < -0.39 is 11.6 Å². The molecule has 10 heteroatoms. The fourth-order valence-corrected chi connectivity index (χ4v) is 5.60. The van der Waals surface area contributed by atoms with E-state index in [0.717, 1.165) is 57.0 Å². The molecule has 2 saturated heterocycles. The zero-order chi connectivity index (χ0) is 29.9. The molecular weight excluding hydrogens is 554 g/mol. The Morgan fingerprint density at radius 1 is 1.00 bits per heavy atom. The Labute approximate surface area is 249 Å². The molecule has 4 aromatic rings. The number of benzene rings is 3. The standard InChI is InChI=1S/C33H36F2N4O4/c1-4-23(5-2)42-31-14-26-28(15-32(31)43-24-10-11-39(16-24)22-17-41-18-22)36-19-37-33(26)38-29-12-20(6-9-30(29)40-3)25-8-7-21(34)13-27(25)35/h6-9,12-15,19,22-24H,4-5,10-11,16-18H2,1-3H3,(H,36,37,38). The first-order valence-corrected chi connectivity index (χ1v) is 14.8. The first-order chi connectivity index (χ1) is 20.9. The second-order valence-electron chi connectivity index (χ2n) is 11.0. The lowest BCUT2D eigenvalue weighted by molar-refractivity contribution is -0.0593. The summed E-state index contributed by atoms with van der Waals surface area (Å²) in [5, 5.41) is 4.08. The molecular formula is C33H36F2N4O4. The number of nitrogens with one attached hydrogen (secondary N) is 1. The Kier molecular flexibility index (Phi) is 8.58. The number of nitrogens with zero attached hydrogens (tertiary/aromatic N) is 3. The lowest BCUT2D eigenvalue weighted by atomic mass is 10.0. The first kappa shape index (κ1) is 29.1. The van der Waals surface area contributed by atoms with Crippen molar-refractivity contribution in [3.63, 3.8) is 0 Å². The van der Waals surface area contributed by atoms with Crippen molar-refractivity contribution >= 4 is 22.4 Å². The smallest absolute Gasteiger partial charge is 0.163 e. The van der Waals surface area contributed by atoms with Gasteiger partial charge in [0.2, 0.25) is 0 Å². The topological polar surface area (TPSA) is 78.0 Å². The van der Waals surface area contributed by atoms with Crippen LogP contribution in [0.4, 0.5) is 20.3 Å². The van der Waals surface area contributed by atoms with Crippen LogP contribution in [0.2, 0.25) is 0 Å². The number of methoxy groups -OCH3 is 1. The van der Waals surface area contributed by atoms with Gasteiger partial charge >= 0.3 is 0 Å². The maximum Gasteiger partial charge on any atom is 0.163 e. The average Bonchev–Trinajstić information content (AvgIpc) is 3.42. The van der Waals surface area contributed by atoms with Gasteiger partial charge in [-0.05, 0) is 55.2 Å². The lowest BCUT2D eigenvalue weighted by Crippen LogP contribution is -2.48. The molecule has 0 amide bonds. The minimum absolute atomic E-state index is 0.0235. The van der Waals surface area contributed by atoms with E-state index in [0.29, 0.717) is 45.9 Å². The van der Waals surface area contributed by atoms with E-state index in [-0.39, 0.29) is 17.8 Å². The Bertz CT molecular complexity index is 1600. The summed E-state index contributed by atoms with van der Waals surface area (Å²) in [5.41, 5.74) is 2.09. The molecule has 3 aromatic carbocycles. The van der Waals surface area contributed by atoms with Gasteiger partial charge in [0, 0.05) is 36.2 Å². The number of hydrogen-bond donors (Lipinski definition) is 1. The maximum absolute atomic E-state index is 14.6. The Morgan fingerprint density at radius 2 is 1.84 bits per heavy atom. The lowest BCUT2D eigenvalue weighted by Gasteiger charge is -2.34. The van der Waals surface area contributed by atoms with Crippen LogP contribution in [-0.2, 0) is 4.74 Å². The van der Waals surface area contributed by atoms with Crippen LogP contribution in [-0.4, -0.2) is 66.5 Å². The molecule has 1 unspecified atom stereocenters. The number of likely N-dealkylation sites (tertiary alicyclic amines) is 1. The molecule has 0 aliphatic carbocycles. The number of hydrogen-bond acceptors (Lipinski definition) is 8. The molecule has 43 heavy (non-hydrogen) atoms. The van der Waals surface area contributed by atoms with Crippen molar-refractivity contribution < 1.29 is 27.7 Å². The fraction of sp³-hybridized carbons (Fsp3) is 0.394. The third-order valence-corrected chi connectivity index (χ3v) is 8.21. The highest BCUT2D eigenvalue weighted by Crippen LogP contribution is 2.39. The minimum Gasteiger partial charge on any atom is -0.495 e. The van der Waals surface area contributed by atoms with Crippen molar-refractivity contribution in [2.75, 3.05) is 38.7 Å². The van der Waals surface area contributed by atoms with Gasteiger partial charge in [0.1, 0.15) is 35.6 Å². The molecule has 2 fully saturated rings. The van der Waals surface area contributed by atoms with E-state index >= 15 is 0 Å². The highest BCUT2D eigenvalue weighted by Gasteiger charge is 2.34. The van der Waals surface area contributed by atoms with Crippen molar-refractivity contribution in [1.29, 1.82) is 0 Å². The maximum atomic E-state index is 14.6. The summed E-state index contributed by atoms with van der Waals surface area (Å²) in [4.78, 5) is 11.5. The van der Waals surface area contributed by atoms with Crippen molar-refractivity contribution in [2.45, 2.75) is 51.4 Å². The third kappa shape index (κ3) is 6.21. The van der Waals surface area contributed by atoms with Crippen LogP contribution in [0.25, 0.3) is 22.0 Å². The summed E-state index contributed by atoms with van der Waals surface area (Å²) in [6, 6.07) is 13.1. The van der Waals surface area contributed by atoms with E-state index in [9.17, 15) is 8.78 Å². The number of halogens is 2. The summed E-state index contributed by atoms with van der Waals surface area (Å²) < 4.78 is 52.2. The van der Waals surface area contributed by atoms with Gasteiger partial charge < -0.3 is 24.3 Å². The van der Waals surface area contributed by atoms with Gasteiger partial charge in [-0.25, -0.2) is 18.7 Å². The minimum atomic E-state index is -0.647.